The van der Waals surface area contributed by atoms with Gasteiger partial charge in [-0.2, -0.15) is 23.4 Å². The fourth-order valence-corrected chi connectivity index (χ4v) is 3.86. The molecule has 0 bridgehead atoms. The molecule has 0 aliphatic heterocycles. The molecule has 31 heavy (non-hydrogen) atoms. The molecule has 0 amide bonds. The first-order chi connectivity index (χ1) is 14.7. The second kappa shape index (κ2) is 8.19. The highest BCUT2D eigenvalue weighted by atomic mass is 19.4. The van der Waals surface area contributed by atoms with Gasteiger partial charge in [-0.1, -0.05) is 12.1 Å². The van der Waals surface area contributed by atoms with E-state index < -0.39 is 17.8 Å². The minimum atomic E-state index is -4.47. The lowest BCUT2D eigenvalue weighted by atomic mass is 9.91. The lowest BCUT2D eigenvalue weighted by Crippen LogP contribution is -2.12. The van der Waals surface area contributed by atoms with Crippen LogP contribution in [0.3, 0.4) is 0 Å². The summed E-state index contributed by atoms with van der Waals surface area (Å²) in [4.78, 5) is 0. The molecule has 0 saturated heterocycles. The van der Waals surface area contributed by atoms with Crippen LogP contribution in [0.15, 0.2) is 48.7 Å². The average Bonchev–Trinajstić information content (AvgIpc) is 2.73. The average molecular weight is 428 g/mol. The molecule has 3 aromatic rings. The van der Waals surface area contributed by atoms with Gasteiger partial charge in [0.1, 0.15) is 0 Å². The van der Waals surface area contributed by atoms with Gasteiger partial charge < -0.3 is 16.2 Å². The molecule has 8 heteroatoms. The van der Waals surface area contributed by atoms with Crippen LogP contribution in [0.25, 0.3) is 16.5 Å². The van der Waals surface area contributed by atoms with Crippen molar-refractivity contribution in [1.82, 2.24) is 10.2 Å². The van der Waals surface area contributed by atoms with Crippen molar-refractivity contribution < 1.29 is 18.3 Å². The number of hydrogen-bond donors (Lipinski definition) is 3. The zero-order chi connectivity index (χ0) is 22.2. The smallest absolute Gasteiger partial charge is 0.399 e. The van der Waals surface area contributed by atoms with Gasteiger partial charge in [0, 0.05) is 17.1 Å². The first-order valence-corrected chi connectivity index (χ1v) is 10.1. The largest absolute Gasteiger partial charge is 0.416 e. The number of nitrogen functional groups attached to an aromatic ring is 1. The molecule has 0 saturated carbocycles. The summed E-state index contributed by atoms with van der Waals surface area (Å²) in [6, 6.07) is 8.98. The predicted octanol–water partition coefficient (Wildman–Crippen LogP) is 5.33. The van der Waals surface area contributed by atoms with Crippen LogP contribution in [0.2, 0.25) is 0 Å². The fourth-order valence-electron chi connectivity index (χ4n) is 3.86. The number of allylic oxidation sites excluding steroid dienone is 1. The topological polar surface area (TPSA) is 84.1 Å². The third-order valence-electron chi connectivity index (χ3n) is 5.57. The maximum Gasteiger partial charge on any atom is 0.416 e. The van der Waals surface area contributed by atoms with E-state index >= 15 is 0 Å². The van der Waals surface area contributed by atoms with E-state index in [4.69, 9.17) is 5.73 Å². The number of aliphatic hydroxyl groups excluding tert-OH is 1. The lowest BCUT2D eigenvalue weighted by molar-refractivity contribution is -0.137. The van der Waals surface area contributed by atoms with Gasteiger partial charge in [0.2, 0.25) is 0 Å². The second-order valence-corrected chi connectivity index (χ2v) is 7.90. The molecule has 0 radical (unpaired) electrons. The van der Waals surface area contributed by atoms with Crippen molar-refractivity contribution in [2.24, 2.45) is 0 Å². The van der Waals surface area contributed by atoms with Crippen molar-refractivity contribution in [3.63, 3.8) is 0 Å². The van der Waals surface area contributed by atoms with E-state index in [0.29, 0.717) is 23.2 Å². The van der Waals surface area contributed by atoms with Crippen molar-refractivity contribution in [2.75, 3.05) is 11.1 Å². The molecule has 1 heterocycles. The standard InChI is InChI=1S/C23H23F3N4O/c1-13(16-8-17(23(24,25)26)11-18(27)9-16)29-22-12-28-30-21-7-4-15(10-20(21)22)14-2-5-19(31)6-3-14/h2,4,7-13,19,31H,3,5-6,27H2,1H3,(H,29,30)/t13-,19?/m1/s1. The maximum absolute atomic E-state index is 13.2. The van der Waals surface area contributed by atoms with Gasteiger partial charge in [0.25, 0.3) is 0 Å². The van der Waals surface area contributed by atoms with E-state index in [1.54, 1.807) is 13.1 Å². The van der Waals surface area contributed by atoms with Gasteiger partial charge >= 0.3 is 6.18 Å². The molecule has 5 nitrogen and oxygen atoms in total. The van der Waals surface area contributed by atoms with Crippen molar-refractivity contribution in [3.05, 3.63) is 65.4 Å². The summed E-state index contributed by atoms with van der Waals surface area (Å²) in [5, 5.41) is 22.0. The number of anilines is 2. The Labute approximate surface area is 177 Å². The maximum atomic E-state index is 13.2. The van der Waals surface area contributed by atoms with Crippen molar-refractivity contribution >= 4 is 27.9 Å². The number of fused-ring (bicyclic) bond motifs is 1. The quantitative estimate of drug-likeness (QED) is 0.489. The number of nitrogens with zero attached hydrogens (tertiary/aromatic N) is 2. The van der Waals surface area contributed by atoms with Gasteiger partial charge in [-0.15, -0.1) is 0 Å². The summed E-state index contributed by atoms with van der Waals surface area (Å²) in [6.07, 6.45) is 0.981. The van der Waals surface area contributed by atoms with Crippen LogP contribution in [0, 0.1) is 0 Å². The Bertz CT molecular complexity index is 1140. The molecule has 162 valence electrons. The highest BCUT2D eigenvalue weighted by molar-refractivity contribution is 5.93. The Morgan fingerprint density at radius 1 is 1.19 bits per heavy atom. The highest BCUT2D eigenvalue weighted by Crippen LogP contribution is 2.35. The van der Waals surface area contributed by atoms with E-state index in [9.17, 15) is 18.3 Å². The number of aromatic nitrogens is 2. The fraction of sp³-hybridized carbons (Fsp3) is 0.304. The molecule has 4 N–H and O–H groups in total. The molecule has 1 aliphatic carbocycles. The van der Waals surface area contributed by atoms with E-state index in [2.05, 4.69) is 15.5 Å². The number of aliphatic hydroxyl groups is 1. The highest BCUT2D eigenvalue weighted by Gasteiger charge is 2.31. The minimum Gasteiger partial charge on any atom is -0.399 e. The molecule has 2 atom stereocenters. The van der Waals surface area contributed by atoms with Gasteiger partial charge in [-0.25, -0.2) is 0 Å². The van der Waals surface area contributed by atoms with Crippen LogP contribution in [0.1, 0.15) is 48.9 Å². The summed E-state index contributed by atoms with van der Waals surface area (Å²) in [7, 11) is 0. The van der Waals surface area contributed by atoms with Gasteiger partial charge in [0.15, 0.2) is 0 Å². The summed E-state index contributed by atoms with van der Waals surface area (Å²) < 4.78 is 39.5. The van der Waals surface area contributed by atoms with E-state index in [-0.39, 0.29) is 11.8 Å². The van der Waals surface area contributed by atoms with Crippen LogP contribution in [-0.4, -0.2) is 21.4 Å². The van der Waals surface area contributed by atoms with E-state index in [0.717, 1.165) is 41.5 Å². The zero-order valence-electron chi connectivity index (χ0n) is 16.9. The Hall–Kier alpha value is -3.13. The second-order valence-electron chi connectivity index (χ2n) is 7.90. The predicted molar refractivity (Wildman–Crippen MR) is 115 cm³/mol. The number of nitrogens with one attached hydrogen (secondary N) is 1. The summed E-state index contributed by atoms with van der Waals surface area (Å²) in [5.74, 6) is 0. The number of rotatable bonds is 4. The van der Waals surface area contributed by atoms with Gasteiger partial charge in [-0.3, -0.25) is 0 Å². The molecule has 2 aromatic carbocycles. The summed E-state index contributed by atoms with van der Waals surface area (Å²) in [5.41, 5.74) is 8.98. The number of nitrogens with two attached hydrogens (primary N) is 1. The first-order valence-electron chi connectivity index (χ1n) is 10.1. The monoisotopic (exact) mass is 428 g/mol. The number of alkyl halides is 3. The third-order valence-corrected chi connectivity index (χ3v) is 5.57. The van der Waals surface area contributed by atoms with E-state index in [1.807, 2.05) is 24.3 Å². The Balaban J connectivity index is 1.67. The summed E-state index contributed by atoms with van der Waals surface area (Å²) in [6.45, 7) is 1.77. The van der Waals surface area contributed by atoms with Gasteiger partial charge in [-0.05, 0) is 73.2 Å². The van der Waals surface area contributed by atoms with Crippen LogP contribution >= 0.6 is 0 Å². The van der Waals surface area contributed by atoms with Gasteiger partial charge in [0.05, 0.1) is 29.1 Å². The number of hydrogen-bond acceptors (Lipinski definition) is 5. The van der Waals surface area contributed by atoms with Crippen molar-refractivity contribution in [3.8, 4) is 0 Å². The molecule has 1 aromatic heterocycles. The minimum absolute atomic E-state index is 0.0601. The molecule has 4 rings (SSSR count). The number of halogens is 3. The SMILES string of the molecule is C[C@@H](Nc1cnnc2ccc(C3=CCC(O)CC3)cc12)c1cc(N)cc(C(F)(F)F)c1. The molecular weight excluding hydrogens is 405 g/mol. The molecule has 0 spiro atoms. The van der Waals surface area contributed by atoms with Crippen LogP contribution in [-0.2, 0) is 6.18 Å². The third kappa shape index (κ3) is 4.64. The molecule has 1 aliphatic rings. The molecular formula is C23H23F3N4O. The first kappa shape index (κ1) is 21.1. The molecule has 0 fully saturated rings. The number of benzene rings is 2. The Kier molecular flexibility index (Phi) is 5.58. The molecule has 1 unspecified atom stereocenters. The van der Waals surface area contributed by atoms with Crippen LogP contribution in [0.5, 0.6) is 0 Å². The normalized spacial score (nSPS) is 18.0. The Morgan fingerprint density at radius 3 is 2.71 bits per heavy atom. The lowest BCUT2D eigenvalue weighted by Gasteiger charge is -2.20. The van der Waals surface area contributed by atoms with E-state index in [1.165, 1.54) is 6.07 Å². The van der Waals surface area contributed by atoms with Crippen LogP contribution in [0.4, 0.5) is 24.5 Å². The van der Waals surface area contributed by atoms with Crippen molar-refractivity contribution in [1.29, 1.82) is 0 Å². The Morgan fingerprint density at radius 2 is 2.00 bits per heavy atom. The van der Waals surface area contributed by atoms with Crippen molar-refractivity contribution in [2.45, 2.75) is 44.5 Å². The van der Waals surface area contributed by atoms with Crippen LogP contribution < -0.4 is 11.1 Å². The zero-order valence-corrected chi connectivity index (χ0v) is 16.9. The summed E-state index contributed by atoms with van der Waals surface area (Å²) >= 11 is 0.